The Morgan fingerprint density at radius 2 is 1.96 bits per heavy atom. The molecule has 4 rings (SSSR count). The van der Waals surface area contributed by atoms with Crippen molar-refractivity contribution < 1.29 is 19.0 Å². The van der Waals surface area contributed by atoms with E-state index in [-0.39, 0.29) is 5.91 Å². The Morgan fingerprint density at radius 1 is 1.21 bits per heavy atom. The predicted octanol–water partition coefficient (Wildman–Crippen LogP) is 2.68. The summed E-state index contributed by atoms with van der Waals surface area (Å²) in [6.07, 6.45) is 4.75. The van der Waals surface area contributed by atoms with E-state index < -0.39 is 5.79 Å². The third kappa shape index (κ3) is 3.95. The number of carbonyl (C=O) groups is 1. The Bertz CT molecular complexity index is 826. The molecule has 1 spiro atoms. The summed E-state index contributed by atoms with van der Waals surface area (Å²) in [5, 5.41) is 3.32. The topological polar surface area (TPSA) is 72.9 Å². The van der Waals surface area contributed by atoms with E-state index in [4.69, 9.17) is 14.2 Å². The number of nitrogens with zero attached hydrogens (tertiary/aromatic N) is 2. The Balaban J connectivity index is 1.38. The maximum Gasteiger partial charge on any atom is 0.255 e. The van der Waals surface area contributed by atoms with Crippen LogP contribution in [-0.2, 0) is 16.0 Å². The van der Waals surface area contributed by atoms with Gasteiger partial charge in [0, 0.05) is 50.4 Å². The lowest BCUT2D eigenvalue weighted by Crippen LogP contribution is -2.47. The SMILES string of the molecule is COc1ccccc1CNc1cncc(C(=O)N2CCC3(CC2)OCCO3)c1. The molecule has 28 heavy (non-hydrogen) atoms. The van der Waals surface area contributed by atoms with Crippen LogP contribution in [0.2, 0.25) is 0 Å². The van der Waals surface area contributed by atoms with Gasteiger partial charge in [0.25, 0.3) is 5.91 Å². The second-order valence-corrected chi connectivity index (χ2v) is 7.03. The molecule has 0 aliphatic carbocycles. The van der Waals surface area contributed by atoms with Crippen molar-refractivity contribution in [3.63, 3.8) is 0 Å². The molecule has 2 aromatic rings. The zero-order valence-corrected chi connectivity index (χ0v) is 16.0. The summed E-state index contributed by atoms with van der Waals surface area (Å²) in [5.74, 6) is 0.336. The molecule has 2 aliphatic rings. The molecule has 148 valence electrons. The van der Waals surface area contributed by atoms with Crippen LogP contribution in [0.5, 0.6) is 5.75 Å². The minimum atomic E-state index is -0.479. The van der Waals surface area contributed by atoms with E-state index in [0.717, 1.165) is 17.0 Å². The van der Waals surface area contributed by atoms with Crippen LogP contribution in [0.25, 0.3) is 0 Å². The van der Waals surface area contributed by atoms with Gasteiger partial charge in [0.15, 0.2) is 5.79 Å². The Kier molecular flexibility index (Phi) is 5.45. The summed E-state index contributed by atoms with van der Waals surface area (Å²) in [7, 11) is 1.66. The van der Waals surface area contributed by atoms with E-state index in [1.807, 2.05) is 35.2 Å². The molecule has 1 aromatic heterocycles. The van der Waals surface area contributed by atoms with Crippen molar-refractivity contribution in [3.05, 3.63) is 53.9 Å². The number of rotatable bonds is 5. The third-order valence-corrected chi connectivity index (χ3v) is 5.29. The summed E-state index contributed by atoms with van der Waals surface area (Å²) in [6, 6.07) is 9.69. The van der Waals surface area contributed by atoms with E-state index in [9.17, 15) is 4.79 Å². The molecule has 0 atom stereocenters. The molecule has 7 nitrogen and oxygen atoms in total. The van der Waals surface area contributed by atoms with Gasteiger partial charge in [-0.05, 0) is 12.1 Å². The third-order valence-electron chi connectivity index (χ3n) is 5.29. The van der Waals surface area contributed by atoms with Crippen molar-refractivity contribution in [1.82, 2.24) is 9.88 Å². The Labute approximate surface area is 164 Å². The molecule has 2 fully saturated rings. The zero-order chi connectivity index (χ0) is 19.4. The first-order chi connectivity index (χ1) is 13.7. The number of anilines is 1. The molecule has 2 saturated heterocycles. The predicted molar refractivity (Wildman–Crippen MR) is 104 cm³/mol. The number of methoxy groups -OCH3 is 1. The maximum absolute atomic E-state index is 12.9. The van der Waals surface area contributed by atoms with Gasteiger partial charge in [0.2, 0.25) is 0 Å². The number of carbonyl (C=O) groups excluding carboxylic acids is 1. The first-order valence-electron chi connectivity index (χ1n) is 9.57. The summed E-state index contributed by atoms with van der Waals surface area (Å²) < 4.78 is 16.8. The van der Waals surface area contributed by atoms with E-state index in [1.165, 1.54) is 0 Å². The minimum Gasteiger partial charge on any atom is -0.496 e. The van der Waals surface area contributed by atoms with Crippen LogP contribution in [0.15, 0.2) is 42.7 Å². The van der Waals surface area contributed by atoms with Gasteiger partial charge in [0.1, 0.15) is 5.75 Å². The fraction of sp³-hybridized carbons (Fsp3) is 0.429. The van der Waals surface area contributed by atoms with Crippen LogP contribution in [-0.4, -0.2) is 55.0 Å². The molecule has 0 radical (unpaired) electrons. The van der Waals surface area contributed by atoms with Crippen molar-refractivity contribution in [2.75, 3.05) is 38.7 Å². The molecule has 1 amide bonds. The zero-order valence-electron chi connectivity index (χ0n) is 16.0. The van der Waals surface area contributed by atoms with Crippen LogP contribution in [0.4, 0.5) is 5.69 Å². The van der Waals surface area contributed by atoms with Gasteiger partial charge >= 0.3 is 0 Å². The van der Waals surface area contributed by atoms with Gasteiger partial charge in [-0.15, -0.1) is 0 Å². The van der Waals surface area contributed by atoms with Gasteiger partial charge in [-0.3, -0.25) is 9.78 Å². The number of piperidine rings is 1. The second-order valence-electron chi connectivity index (χ2n) is 7.03. The highest BCUT2D eigenvalue weighted by Crippen LogP contribution is 2.31. The van der Waals surface area contributed by atoms with Crippen molar-refractivity contribution >= 4 is 11.6 Å². The smallest absolute Gasteiger partial charge is 0.255 e. The van der Waals surface area contributed by atoms with Gasteiger partial charge in [-0.1, -0.05) is 18.2 Å². The lowest BCUT2D eigenvalue weighted by Gasteiger charge is -2.37. The highest BCUT2D eigenvalue weighted by atomic mass is 16.7. The molecule has 0 bridgehead atoms. The normalized spacial score (nSPS) is 18.2. The molecule has 1 N–H and O–H groups in total. The summed E-state index contributed by atoms with van der Waals surface area (Å²) >= 11 is 0. The van der Waals surface area contributed by atoms with Gasteiger partial charge in [-0.2, -0.15) is 0 Å². The number of hydrogen-bond acceptors (Lipinski definition) is 6. The fourth-order valence-corrected chi connectivity index (χ4v) is 3.72. The lowest BCUT2D eigenvalue weighted by atomic mass is 10.0. The number of para-hydroxylation sites is 1. The van der Waals surface area contributed by atoms with Crippen LogP contribution in [0, 0.1) is 0 Å². The van der Waals surface area contributed by atoms with Crippen LogP contribution < -0.4 is 10.1 Å². The number of pyridine rings is 1. The number of benzene rings is 1. The van der Waals surface area contributed by atoms with Gasteiger partial charge in [0.05, 0.1) is 31.6 Å². The monoisotopic (exact) mass is 383 g/mol. The number of nitrogens with one attached hydrogen (secondary N) is 1. The molecule has 3 heterocycles. The average Bonchev–Trinajstić information content (AvgIpc) is 3.20. The number of amides is 1. The van der Waals surface area contributed by atoms with Crippen molar-refractivity contribution in [2.24, 2.45) is 0 Å². The Hall–Kier alpha value is -2.64. The first kappa shape index (κ1) is 18.7. The van der Waals surface area contributed by atoms with Gasteiger partial charge < -0.3 is 24.4 Å². The minimum absolute atomic E-state index is 0.0127. The van der Waals surface area contributed by atoms with Crippen LogP contribution in [0.1, 0.15) is 28.8 Å². The van der Waals surface area contributed by atoms with E-state index >= 15 is 0 Å². The molecular weight excluding hydrogens is 358 g/mol. The number of ether oxygens (including phenoxy) is 3. The molecule has 7 heteroatoms. The molecule has 0 unspecified atom stereocenters. The number of aromatic nitrogens is 1. The highest BCUT2D eigenvalue weighted by Gasteiger charge is 2.40. The van der Waals surface area contributed by atoms with Crippen molar-refractivity contribution in [2.45, 2.75) is 25.2 Å². The summed E-state index contributed by atoms with van der Waals surface area (Å²) in [6.45, 7) is 3.11. The second kappa shape index (κ2) is 8.16. The average molecular weight is 383 g/mol. The first-order valence-corrected chi connectivity index (χ1v) is 9.57. The fourth-order valence-electron chi connectivity index (χ4n) is 3.72. The van der Waals surface area contributed by atoms with Gasteiger partial charge in [-0.25, -0.2) is 0 Å². The van der Waals surface area contributed by atoms with Crippen LogP contribution >= 0.6 is 0 Å². The standard InChI is InChI=1S/C21H25N3O4/c1-26-19-5-3-2-4-16(19)14-23-18-12-17(13-22-15-18)20(25)24-8-6-21(7-9-24)27-10-11-28-21/h2-5,12-13,15,23H,6-11,14H2,1H3. The van der Waals surface area contributed by atoms with E-state index in [1.54, 1.807) is 19.5 Å². The highest BCUT2D eigenvalue weighted by molar-refractivity contribution is 5.94. The van der Waals surface area contributed by atoms with Crippen molar-refractivity contribution in [1.29, 1.82) is 0 Å². The molecular formula is C21H25N3O4. The maximum atomic E-state index is 12.9. The molecule has 1 aromatic carbocycles. The Morgan fingerprint density at radius 3 is 2.71 bits per heavy atom. The number of hydrogen-bond donors (Lipinski definition) is 1. The quantitative estimate of drug-likeness (QED) is 0.856. The number of likely N-dealkylation sites (tertiary alicyclic amines) is 1. The molecule has 2 aliphatic heterocycles. The van der Waals surface area contributed by atoms with E-state index in [0.29, 0.717) is 51.3 Å². The molecule has 0 saturated carbocycles. The largest absolute Gasteiger partial charge is 0.496 e. The summed E-state index contributed by atoms with van der Waals surface area (Å²) in [4.78, 5) is 19.0. The van der Waals surface area contributed by atoms with Crippen LogP contribution in [0.3, 0.4) is 0 Å². The van der Waals surface area contributed by atoms with Crippen molar-refractivity contribution in [3.8, 4) is 5.75 Å². The van der Waals surface area contributed by atoms with E-state index in [2.05, 4.69) is 10.3 Å². The summed E-state index contributed by atoms with van der Waals surface area (Å²) in [5.41, 5.74) is 2.42. The lowest BCUT2D eigenvalue weighted by molar-refractivity contribution is -0.181.